The van der Waals surface area contributed by atoms with E-state index >= 15 is 0 Å². The first-order valence-electron chi connectivity index (χ1n) is 5.73. The molecule has 3 unspecified atom stereocenters. The Morgan fingerprint density at radius 1 is 1.43 bits per heavy atom. The lowest BCUT2D eigenvalue weighted by Gasteiger charge is -2.25. The molecule has 0 spiro atoms. The zero-order valence-electron chi connectivity index (χ0n) is 9.62. The fourth-order valence-corrected chi connectivity index (χ4v) is 2.21. The van der Waals surface area contributed by atoms with E-state index in [-0.39, 0.29) is 0 Å². The Bertz CT molecular complexity index is 161. The topological polar surface area (TPSA) is 47.3 Å². The zero-order valence-corrected chi connectivity index (χ0v) is 9.62. The Morgan fingerprint density at radius 3 is 2.57 bits per heavy atom. The maximum absolute atomic E-state index is 5.60. The Morgan fingerprint density at radius 2 is 2.14 bits per heavy atom. The van der Waals surface area contributed by atoms with Crippen molar-refractivity contribution in [3.8, 4) is 0 Å². The number of hydrazine groups is 1. The molecule has 1 aliphatic rings. The monoisotopic (exact) mass is 200 g/mol. The minimum atomic E-state index is 0.364. The van der Waals surface area contributed by atoms with Gasteiger partial charge in [0.05, 0.1) is 6.10 Å². The molecule has 0 aliphatic carbocycles. The second-order valence-electron chi connectivity index (χ2n) is 4.77. The molecule has 0 radical (unpaired) electrons. The molecule has 1 rings (SSSR count). The van der Waals surface area contributed by atoms with Crippen LogP contribution in [0.25, 0.3) is 0 Å². The Kier molecular flexibility index (Phi) is 4.85. The standard InChI is InChI=1S/C11H24N2O/c1-8(2)4-5-11(13-12)10-6-7-14-9(10)3/h8-11,13H,4-7,12H2,1-3H3. The fourth-order valence-electron chi connectivity index (χ4n) is 2.21. The van der Waals surface area contributed by atoms with Crippen LogP contribution in [0.4, 0.5) is 0 Å². The van der Waals surface area contributed by atoms with Gasteiger partial charge in [0, 0.05) is 18.6 Å². The van der Waals surface area contributed by atoms with E-state index in [0.717, 1.165) is 25.4 Å². The van der Waals surface area contributed by atoms with Crippen molar-refractivity contribution in [2.24, 2.45) is 17.7 Å². The lowest BCUT2D eigenvalue weighted by atomic mass is 9.89. The van der Waals surface area contributed by atoms with E-state index in [0.29, 0.717) is 18.1 Å². The van der Waals surface area contributed by atoms with Crippen molar-refractivity contribution < 1.29 is 4.74 Å². The molecule has 14 heavy (non-hydrogen) atoms. The highest BCUT2D eigenvalue weighted by Crippen LogP contribution is 2.26. The fraction of sp³-hybridized carbons (Fsp3) is 1.00. The smallest absolute Gasteiger partial charge is 0.0591 e. The number of rotatable bonds is 5. The largest absolute Gasteiger partial charge is 0.378 e. The summed E-state index contributed by atoms with van der Waals surface area (Å²) < 4.78 is 5.56. The number of nitrogens with two attached hydrogens (primary N) is 1. The molecule has 1 fully saturated rings. The third kappa shape index (κ3) is 3.23. The van der Waals surface area contributed by atoms with Gasteiger partial charge in [0.15, 0.2) is 0 Å². The van der Waals surface area contributed by atoms with Gasteiger partial charge in [-0.15, -0.1) is 0 Å². The Hall–Kier alpha value is -0.120. The predicted octanol–water partition coefficient (Wildman–Crippen LogP) is 1.68. The lowest BCUT2D eigenvalue weighted by molar-refractivity contribution is 0.0935. The van der Waals surface area contributed by atoms with E-state index in [1.165, 1.54) is 6.42 Å². The van der Waals surface area contributed by atoms with E-state index in [1.54, 1.807) is 0 Å². The van der Waals surface area contributed by atoms with Gasteiger partial charge in [0.1, 0.15) is 0 Å². The summed E-state index contributed by atoms with van der Waals surface area (Å²) in [6, 6.07) is 0.426. The zero-order chi connectivity index (χ0) is 10.6. The maximum Gasteiger partial charge on any atom is 0.0591 e. The average Bonchev–Trinajstić information content (AvgIpc) is 2.53. The van der Waals surface area contributed by atoms with Gasteiger partial charge in [-0.1, -0.05) is 13.8 Å². The third-order valence-corrected chi connectivity index (χ3v) is 3.22. The number of ether oxygens (including phenoxy) is 1. The van der Waals surface area contributed by atoms with Crippen molar-refractivity contribution in [1.29, 1.82) is 0 Å². The molecule has 0 aromatic rings. The van der Waals surface area contributed by atoms with Crippen LogP contribution in [-0.4, -0.2) is 18.8 Å². The summed E-state index contributed by atoms with van der Waals surface area (Å²) >= 11 is 0. The van der Waals surface area contributed by atoms with Crippen molar-refractivity contribution >= 4 is 0 Å². The van der Waals surface area contributed by atoms with Crippen molar-refractivity contribution in [2.75, 3.05) is 6.61 Å². The van der Waals surface area contributed by atoms with Crippen LogP contribution in [0.3, 0.4) is 0 Å². The highest BCUT2D eigenvalue weighted by molar-refractivity contribution is 4.83. The summed E-state index contributed by atoms with van der Waals surface area (Å²) in [6.45, 7) is 7.55. The second-order valence-corrected chi connectivity index (χ2v) is 4.77. The highest BCUT2D eigenvalue weighted by Gasteiger charge is 2.30. The van der Waals surface area contributed by atoms with Gasteiger partial charge in [-0.2, -0.15) is 0 Å². The van der Waals surface area contributed by atoms with Gasteiger partial charge in [-0.3, -0.25) is 11.3 Å². The van der Waals surface area contributed by atoms with Gasteiger partial charge in [-0.25, -0.2) is 0 Å². The van der Waals surface area contributed by atoms with E-state index in [9.17, 15) is 0 Å². The molecule has 0 bridgehead atoms. The summed E-state index contributed by atoms with van der Waals surface area (Å²) in [4.78, 5) is 0. The summed E-state index contributed by atoms with van der Waals surface area (Å²) in [5.74, 6) is 6.94. The SMILES string of the molecule is CC(C)CCC(NN)C1CCOC1C. The summed E-state index contributed by atoms with van der Waals surface area (Å²) in [7, 11) is 0. The molecule has 1 aliphatic heterocycles. The number of hydrogen-bond acceptors (Lipinski definition) is 3. The Balaban J connectivity index is 2.36. The van der Waals surface area contributed by atoms with E-state index in [4.69, 9.17) is 10.6 Å². The molecular weight excluding hydrogens is 176 g/mol. The molecule has 84 valence electrons. The molecule has 1 saturated heterocycles. The van der Waals surface area contributed by atoms with Crippen LogP contribution in [0.2, 0.25) is 0 Å². The minimum Gasteiger partial charge on any atom is -0.378 e. The first-order chi connectivity index (χ1) is 6.65. The van der Waals surface area contributed by atoms with Crippen LogP contribution in [0, 0.1) is 11.8 Å². The van der Waals surface area contributed by atoms with Gasteiger partial charge in [0.25, 0.3) is 0 Å². The van der Waals surface area contributed by atoms with Crippen LogP contribution in [0.1, 0.15) is 40.0 Å². The molecular formula is C11H24N2O. The second kappa shape index (κ2) is 5.69. The van der Waals surface area contributed by atoms with Crippen LogP contribution >= 0.6 is 0 Å². The predicted molar refractivity (Wildman–Crippen MR) is 58.7 cm³/mol. The van der Waals surface area contributed by atoms with Crippen LogP contribution in [0.15, 0.2) is 0 Å². The quantitative estimate of drug-likeness (QED) is 0.524. The van der Waals surface area contributed by atoms with Gasteiger partial charge < -0.3 is 4.74 Å². The number of nitrogens with one attached hydrogen (secondary N) is 1. The summed E-state index contributed by atoms with van der Waals surface area (Å²) in [5, 5.41) is 0. The van der Waals surface area contributed by atoms with Crippen LogP contribution < -0.4 is 11.3 Å². The molecule has 0 saturated carbocycles. The van der Waals surface area contributed by atoms with Gasteiger partial charge in [0.2, 0.25) is 0 Å². The third-order valence-electron chi connectivity index (χ3n) is 3.22. The molecule has 0 aromatic heterocycles. The molecule has 0 amide bonds. The summed E-state index contributed by atoms with van der Waals surface area (Å²) in [6.07, 6.45) is 3.90. The van der Waals surface area contributed by atoms with Gasteiger partial charge in [-0.05, 0) is 32.1 Å². The normalized spacial score (nSPS) is 29.8. The number of hydrogen-bond donors (Lipinski definition) is 2. The van der Waals surface area contributed by atoms with Crippen molar-refractivity contribution in [3.05, 3.63) is 0 Å². The summed E-state index contributed by atoms with van der Waals surface area (Å²) in [5.41, 5.74) is 2.95. The molecule has 3 nitrogen and oxygen atoms in total. The molecule has 3 heteroatoms. The highest BCUT2D eigenvalue weighted by atomic mass is 16.5. The van der Waals surface area contributed by atoms with Crippen LogP contribution in [0.5, 0.6) is 0 Å². The molecule has 3 atom stereocenters. The molecule has 0 aromatic carbocycles. The Labute approximate surface area is 87.4 Å². The van der Waals surface area contributed by atoms with Gasteiger partial charge >= 0.3 is 0 Å². The van der Waals surface area contributed by atoms with Crippen molar-refractivity contribution in [1.82, 2.24) is 5.43 Å². The van der Waals surface area contributed by atoms with Crippen molar-refractivity contribution in [2.45, 2.75) is 52.2 Å². The first kappa shape index (κ1) is 12.0. The van der Waals surface area contributed by atoms with Crippen molar-refractivity contribution in [3.63, 3.8) is 0 Å². The lowest BCUT2D eigenvalue weighted by Crippen LogP contribution is -2.43. The minimum absolute atomic E-state index is 0.364. The van der Waals surface area contributed by atoms with Crippen LogP contribution in [-0.2, 0) is 4.74 Å². The maximum atomic E-state index is 5.60. The van der Waals surface area contributed by atoms with E-state index in [1.807, 2.05) is 0 Å². The van der Waals surface area contributed by atoms with E-state index in [2.05, 4.69) is 26.2 Å². The molecule has 3 N–H and O–H groups in total. The first-order valence-corrected chi connectivity index (χ1v) is 5.73. The molecule has 1 heterocycles. The van der Waals surface area contributed by atoms with E-state index < -0.39 is 0 Å². The average molecular weight is 200 g/mol.